The number of aromatic amines is 1. The van der Waals surface area contributed by atoms with Gasteiger partial charge in [0.2, 0.25) is 0 Å². The van der Waals surface area contributed by atoms with Crippen LogP contribution in [0.3, 0.4) is 0 Å². The van der Waals surface area contributed by atoms with Gasteiger partial charge < -0.3 is 16.0 Å². The van der Waals surface area contributed by atoms with Gasteiger partial charge in [0.15, 0.2) is 0 Å². The largest absolute Gasteiger partial charge is 0.382 e. The topological polar surface area (TPSA) is 83.8 Å². The SMILES string of the molecule is Cc1nc(=O)[nH]c(C)c1NCCCN. The summed E-state index contributed by atoms with van der Waals surface area (Å²) in [6.45, 7) is 5.11. The number of H-pyrrole nitrogens is 1. The van der Waals surface area contributed by atoms with Crippen molar-refractivity contribution in [3.63, 3.8) is 0 Å². The molecule has 0 amide bonds. The van der Waals surface area contributed by atoms with Crippen LogP contribution in [0, 0.1) is 13.8 Å². The molecule has 5 heteroatoms. The molecular weight excluding hydrogens is 180 g/mol. The van der Waals surface area contributed by atoms with Gasteiger partial charge in [-0.3, -0.25) is 0 Å². The lowest BCUT2D eigenvalue weighted by Crippen LogP contribution is -2.17. The van der Waals surface area contributed by atoms with Crippen LogP contribution >= 0.6 is 0 Å². The number of nitrogens with one attached hydrogen (secondary N) is 2. The highest BCUT2D eigenvalue weighted by Crippen LogP contribution is 2.12. The predicted molar refractivity (Wildman–Crippen MR) is 56.5 cm³/mol. The summed E-state index contributed by atoms with van der Waals surface area (Å²) in [7, 11) is 0. The maximum Gasteiger partial charge on any atom is 0.345 e. The molecule has 0 aromatic carbocycles. The monoisotopic (exact) mass is 196 g/mol. The molecule has 14 heavy (non-hydrogen) atoms. The number of hydrogen-bond acceptors (Lipinski definition) is 4. The fourth-order valence-corrected chi connectivity index (χ4v) is 1.31. The van der Waals surface area contributed by atoms with Gasteiger partial charge in [-0.15, -0.1) is 0 Å². The minimum Gasteiger partial charge on any atom is -0.382 e. The number of nitrogens with zero attached hydrogens (tertiary/aromatic N) is 1. The minimum absolute atomic E-state index is 0.302. The highest BCUT2D eigenvalue weighted by molar-refractivity contribution is 5.50. The van der Waals surface area contributed by atoms with Crippen molar-refractivity contribution < 1.29 is 0 Å². The van der Waals surface area contributed by atoms with Crippen LogP contribution in [0.1, 0.15) is 17.8 Å². The Morgan fingerprint density at radius 1 is 1.50 bits per heavy atom. The van der Waals surface area contributed by atoms with Gasteiger partial charge in [-0.1, -0.05) is 0 Å². The van der Waals surface area contributed by atoms with E-state index >= 15 is 0 Å². The summed E-state index contributed by atoms with van der Waals surface area (Å²) in [6, 6.07) is 0. The number of aryl methyl sites for hydroxylation is 2. The molecule has 0 radical (unpaired) electrons. The number of anilines is 1. The molecule has 0 atom stereocenters. The molecule has 0 spiro atoms. The van der Waals surface area contributed by atoms with Gasteiger partial charge in [0, 0.05) is 12.2 Å². The van der Waals surface area contributed by atoms with Crippen molar-refractivity contribution in [3.8, 4) is 0 Å². The van der Waals surface area contributed by atoms with Crippen molar-refractivity contribution >= 4 is 5.69 Å². The quantitative estimate of drug-likeness (QED) is 0.598. The molecule has 4 N–H and O–H groups in total. The van der Waals surface area contributed by atoms with Crippen LogP contribution in [-0.2, 0) is 0 Å². The first-order valence-electron chi connectivity index (χ1n) is 4.66. The van der Waals surface area contributed by atoms with Gasteiger partial charge in [0.25, 0.3) is 0 Å². The summed E-state index contributed by atoms with van der Waals surface area (Å²) in [5.41, 5.74) is 7.52. The van der Waals surface area contributed by atoms with E-state index < -0.39 is 0 Å². The summed E-state index contributed by atoms with van der Waals surface area (Å²) >= 11 is 0. The van der Waals surface area contributed by atoms with Crippen molar-refractivity contribution in [1.29, 1.82) is 0 Å². The molecule has 5 nitrogen and oxygen atoms in total. The number of aromatic nitrogens is 2. The minimum atomic E-state index is -0.302. The van der Waals surface area contributed by atoms with Crippen molar-refractivity contribution in [2.75, 3.05) is 18.4 Å². The summed E-state index contributed by atoms with van der Waals surface area (Å²) in [6.07, 6.45) is 0.901. The second kappa shape index (κ2) is 4.76. The number of nitrogens with two attached hydrogens (primary N) is 1. The molecule has 1 aromatic rings. The lowest BCUT2D eigenvalue weighted by Gasteiger charge is -2.10. The van der Waals surface area contributed by atoms with E-state index in [1.165, 1.54) is 0 Å². The van der Waals surface area contributed by atoms with E-state index in [4.69, 9.17) is 5.73 Å². The Kier molecular flexibility index (Phi) is 3.64. The molecule has 0 aliphatic heterocycles. The van der Waals surface area contributed by atoms with Gasteiger partial charge in [0.05, 0.1) is 11.4 Å². The van der Waals surface area contributed by atoms with E-state index in [1.807, 2.05) is 13.8 Å². The molecule has 0 aliphatic rings. The maximum absolute atomic E-state index is 11.0. The van der Waals surface area contributed by atoms with Crippen LogP contribution in [-0.4, -0.2) is 23.1 Å². The Balaban J connectivity index is 2.80. The zero-order chi connectivity index (χ0) is 10.6. The Bertz CT molecular complexity index is 332. The molecule has 0 saturated heterocycles. The zero-order valence-corrected chi connectivity index (χ0v) is 8.55. The standard InChI is InChI=1S/C9H16N4O/c1-6-8(11-5-3-4-10)7(2)13-9(14)12-6/h11H,3-5,10H2,1-2H3,(H,12,13,14). The third-order valence-corrected chi connectivity index (χ3v) is 1.98. The Hall–Kier alpha value is -1.36. The predicted octanol–water partition coefficient (Wildman–Crippen LogP) is 0.147. The average Bonchev–Trinajstić information content (AvgIpc) is 2.09. The van der Waals surface area contributed by atoms with Gasteiger partial charge in [-0.25, -0.2) is 4.79 Å². The lowest BCUT2D eigenvalue weighted by atomic mass is 10.2. The molecule has 0 aliphatic carbocycles. The van der Waals surface area contributed by atoms with E-state index in [-0.39, 0.29) is 5.69 Å². The average molecular weight is 196 g/mol. The first-order chi connectivity index (χ1) is 6.65. The van der Waals surface area contributed by atoms with Crippen LogP contribution in [0.4, 0.5) is 5.69 Å². The molecule has 0 saturated carbocycles. The normalized spacial score (nSPS) is 10.2. The van der Waals surface area contributed by atoms with E-state index in [0.29, 0.717) is 6.54 Å². The Labute approximate surface area is 82.7 Å². The van der Waals surface area contributed by atoms with Crippen LogP contribution in [0.15, 0.2) is 4.79 Å². The maximum atomic E-state index is 11.0. The number of hydrogen-bond donors (Lipinski definition) is 3. The second-order valence-corrected chi connectivity index (χ2v) is 3.20. The van der Waals surface area contributed by atoms with Crippen molar-refractivity contribution in [2.45, 2.75) is 20.3 Å². The summed E-state index contributed by atoms with van der Waals surface area (Å²) in [4.78, 5) is 17.4. The molecular formula is C9H16N4O. The molecule has 1 heterocycles. The van der Waals surface area contributed by atoms with Crippen molar-refractivity contribution in [1.82, 2.24) is 9.97 Å². The van der Waals surface area contributed by atoms with Gasteiger partial charge >= 0.3 is 5.69 Å². The summed E-state index contributed by atoms with van der Waals surface area (Å²) < 4.78 is 0. The highest BCUT2D eigenvalue weighted by atomic mass is 16.1. The smallest absolute Gasteiger partial charge is 0.345 e. The second-order valence-electron chi connectivity index (χ2n) is 3.20. The fraction of sp³-hybridized carbons (Fsp3) is 0.556. The van der Waals surface area contributed by atoms with E-state index in [9.17, 15) is 4.79 Å². The van der Waals surface area contributed by atoms with Crippen molar-refractivity contribution in [3.05, 3.63) is 21.9 Å². The van der Waals surface area contributed by atoms with E-state index in [2.05, 4.69) is 15.3 Å². The van der Waals surface area contributed by atoms with Crippen molar-refractivity contribution in [2.24, 2.45) is 5.73 Å². The first kappa shape index (κ1) is 10.7. The zero-order valence-electron chi connectivity index (χ0n) is 8.55. The molecule has 0 fully saturated rings. The van der Waals surface area contributed by atoms with Crippen LogP contribution in [0.25, 0.3) is 0 Å². The third-order valence-electron chi connectivity index (χ3n) is 1.98. The van der Waals surface area contributed by atoms with Crippen LogP contribution in [0.2, 0.25) is 0 Å². The molecule has 1 rings (SSSR count). The van der Waals surface area contributed by atoms with Gasteiger partial charge in [0.1, 0.15) is 0 Å². The first-order valence-corrected chi connectivity index (χ1v) is 4.66. The van der Waals surface area contributed by atoms with E-state index in [1.54, 1.807) is 0 Å². The highest BCUT2D eigenvalue weighted by Gasteiger charge is 2.03. The van der Waals surface area contributed by atoms with Crippen LogP contribution < -0.4 is 16.7 Å². The van der Waals surface area contributed by atoms with E-state index in [0.717, 1.165) is 30.0 Å². The number of rotatable bonds is 4. The van der Waals surface area contributed by atoms with Gasteiger partial charge in [-0.2, -0.15) is 4.98 Å². The molecule has 78 valence electrons. The molecule has 1 aromatic heterocycles. The fourth-order valence-electron chi connectivity index (χ4n) is 1.31. The third kappa shape index (κ3) is 2.56. The molecule has 0 bridgehead atoms. The molecule has 0 unspecified atom stereocenters. The van der Waals surface area contributed by atoms with Crippen LogP contribution in [0.5, 0.6) is 0 Å². The Morgan fingerprint density at radius 3 is 2.79 bits per heavy atom. The summed E-state index contributed by atoms with van der Waals surface area (Å²) in [5.74, 6) is 0. The lowest BCUT2D eigenvalue weighted by molar-refractivity contribution is 0.865. The Morgan fingerprint density at radius 2 is 2.21 bits per heavy atom. The van der Waals surface area contributed by atoms with Gasteiger partial charge in [-0.05, 0) is 26.8 Å². The summed E-state index contributed by atoms with van der Waals surface area (Å²) in [5, 5.41) is 3.20.